The standard InChI is InChI=1S/C8H5N3O5S/c12-11(13)5-1-2-7-6(3-5)8(4-9-10-7)17(14,15)16/h1-4H,(H,14,15,16). The predicted molar refractivity (Wildman–Crippen MR) is 56.0 cm³/mol. The lowest BCUT2D eigenvalue weighted by molar-refractivity contribution is -0.384. The van der Waals surface area contributed by atoms with Gasteiger partial charge in [-0.25, -0.2) is 0 Å². The molecule has 0 saturated heterocycles. The molecule has 0 fully saturated rings. The Bertz CT molecular complexity index is 712. The van der Waals surface area contributed by atoms with Gasteiger partial charge in [0, 0.05) is 17.5 Å². The van der Waals surface area contributed by atoms with Crippen molar-refractivity contribution in [2.45, 2.75) is 4.90 Å². The molecule has 0 amide bonds. The smallest absolute Gasteiger partial charge is 0.282 e. The Kier molecular flexibility index (Phi) is 2.48. The lowest BCUT2D eigenvalue weighted by Crippen LogP contribution is -2.01. The van der Waals surface area contributed by atoms with Crippen LogP contribution in [0.2, 0.25) is 0 Å². The van der Waals surface area contributed by atoms with Gasteiger partial charge in [-0.15, -0.1) is 0 Å². The third-order valence-corrected chi connectivity index (χ3v) is 2.96. The summed E-state index contributed by atoms with van der Waals surface area (Å²) in [6, 6.07) is 3.45. The molecule has 8 nitrogen and oxygen atoms in total. The fraction of sp³-hybridized carbons (Fsp3) is 0. The van der Waals surface area contributed by atoms with E-state index in [0.717, 1.165) is 12.3 Å². The molecule has 1 heterocycles. The van der Waals surface area contributed by atoms with Crippen LogP contribution in [0.5, 0.6) is 0 Å². The molecule has 0 bridgehead atoms. The summed E-state index contributed by atoms with van der Waals surface area (Å²) in [5.74, 6) is 0. The van der Waals surface area contributed by atoms with Crippen LogP contribution >= 0.6 is 0 Å². The van der Waals surface area contributed by atoms with E-state index in [-0.39, 0.29) is 16.6 Å². The summed E-state index contributed by atoms with van der Waals surface area (Å²) < 4.78 is 31.0. The maximum absolute atomic E-state index is 11.0. The number of fused-ring (bicyclic) bond motifs is 1. The SMILES string of the molecule is O=[N+]([O-])c1ccc2nncc(S(=O)(=O)O)c2c1. The summed E-state index contributed by atoms with van der Waals surface area (Å²) in [5, 5.41) is 17.5. The summed E-state index contributed by atoms with van der Waals surface area (Å²) in [5.41, 5.74) is -0.152. The number of benzene rings is 1. The largest absolute Gasteiger partial charge is 0.296 e. The van der Waals surface area contributed by atoms with Crippen molar-refractivity contribution in [3.05, 3.63) is 34.5 Å². The normalized spacial score (nSPS) is 11.6. The van der Waals surface area contributed by atoms with E-state index in [9.17, 15) is 18.5 Å². The molecule has 0 saturated carbocycles. The average Bonchev–Trinajstić information content (AvgIpc) is 2.26. The Morgan fingerprint density at radius 3 is 2.65 bits per heavy atom. The second-order valence-corrected chi connectivity index (χ2v) is 4.53. The molecular weight excluding hydrogens is 250 g/mol. The molecule has 0 aliphatic carbocycles. The Morgan fingerprint density at radius 1 is 1.35 bits per heavy atom. The minimum Gasteiger partial charge on any atom is -0.282 e. The Balaban J connectivity index is 2.86. The van der Waals surface area contributed by atoms with E-state index in [1.165, 1.54) is 12.1 Å². The van der Waals surface area contributed by atoms with E-state index in [0.29, 0.717) is 0 Å². The molecule has 0 atom stereocenters. The van der Waals surface area contributed by atoms with Crippen LogP contribution in [0.1, 0.15) is 0 Å². The molecule has 1 aromatic carbocycles. The van der Waals surface area contributed by atoms with Crippen molar-refractivity contribution >= 4 is 26.7 Å². The van der Waals surface area contributed by atoms with E-state index in [2.05, 4.69) is 10.2 Å². The molecule has 9 heteroatoms. The third kappa shape index (κ3) is 2.05. The van der Waals surface area contributed by atoms with Gasteiger partial charge < -0.3 is 0 Å². The van der Waals surface area contributed by atoms with Crippen molar-refractivity contribution in [3.8, 4) is 0 Å². The van der Waals surface area contributed by atoms with Crippen LogP contribution in [0.3, 0.4) is 0 Å². The number of aromatic nitrogens is 2. The first-order valence-corrected chi connectivity index (χ1v) is 5.71. The number of nitro groups is 1. The van der Waals surface area contributed by atoms with Gasteiger partial charge in [-0.2, -0.15) is 18.6 Å². The predicted octanol–water partition coefficient (Wildman–Crippen LogP) is 0.785. The van der Waals surface area contributed by atoms with E-state index in [1.807, 2.05) is 0 Å². The highest BCUT2D eigenvalue weighted by molar-refractivity contribution is 7.86. The van der Waals surface area contributed by atoms with Crippen LogP contribution in [-0.2, 0) is 10.1 Å². The van der Waals surface area contributed by atoms with Gasteiger partial charge in [-0.3, -0.25) is 14.7 Å². The zero-order valence-corrected chi connectivity index (χ0v) is 8.96. The van der Waals surface area contributed by atoms with Crippen molar-refractivity contribution < 1.29 is 17.9 Å². The molecule has 1 aromatic heterocycles. The molecule has 2 rings (SSSR count). The second-order valence-electron chi connectivity index (χ2n) is 3.14. The third-order valence-electron chi connectivity index (χ3n) is 2.07. The molecule has 88 valence electrons. The van der Waals surface area contributed by atoms with E-state index < -0.39 is 19.9 Å². The molecule has 0 unspecified atom stereocenters. The van der Waals surface area contributed by atoms with Gasteiger partial charge in [0.2, 0.25) is 0 Å². The fourth-order valence-corrected chi connectivity index (χ4v) is 1.96. The summed E-state index contributed by atoms with van der Waals surface area (Å²) in [6.07, 6.45) is 0.835. The van der Waals surface area contributed by atoms with E-state index in [1.54, 1.807) is 0 Å². The van der Waals surface area contributed by atoms with Gasteiger partial charge in [-0.05, 0) is 6.07 Å². The van der Waals surface area contributed by atoms with Gasteiger partial charge in [-0.1, -0.05) is 0 Å². The topological polar surface area (TPSA) is 123 Å². The van der Waals surface area contributed by atoms with E-state index >= 15 is 0 Å². The summed E-state index contributed by atoms with van der Waals surface area (Å²) in [7, 11) is -4.50. The van der Waals surface area contributed by atoms with Gasteiger partial charge in [0.05, 0.1) is 16.6 Å². The number of non-ortho nitro benzene ring substituents is 1. The molecule has 0 spiro atoms. The van der Waals surface area contributed by atoms with Gasteiger partial charge >= 0.3 is 0 Å². The summed E-state index contributed by atoms with van der Waals surface area (Å²) in [4.78, 5) is 9.38. The van der Waals surface area contributed by atoms with Crippen LogP contribution in [0.25, 0.3) is 10.9 Å². The zero-order chi connectivity index (χ0) is 12.6. The highest BCUT2D eigenvalue weighted by atomic mass is 32.2. The van der Waals surface area contributed by atoms with Crippen LogP contribution < -0.4 is 0 Å². The van der Waals surface area contributed by atoms with Gasteiger partial charge in [0.15, 0.2) is 0 Å². The Morgan fingerprint density at radius 2 is 2.06 bits per heavy atom. The molecule has 2 aromatic rings. The first-order valence-electron chi connectivity index (χ1n) is 4.27. The van der Waals surface area contributed by atoms with Crippen LogP contribution in [0, 0.1) is 10.1 Å². The minimum absolute atomic E-state index is 0.0447. The van der Waals surface area contributed by atoms with Crippen molar-refractivity contribution in [2.24, 2.45) is 0 Å². The highest BCUT2D eigenvalue weighted by Crippen LogP contribution is 2.24. The van der Waals surface area contributed by atoms with Gasteiger partial charge in [0.25, 0.3) is 15.8 Å². The number of hydrogen-bond donors (Lipinski definition) is 1. The lowest BCUT2D eigenvalue weighted by Gasteiger charge is -2.01. The van der Waals surface area contributed by atoms with Crippen molar-refractivity contribution in [3.63, 3.8) is 0 Å². The fourth-order valence-electron chi connectivity index (χ4n) is 1.34. The summed E-state index contributed by atoms with van der Waals surface area (Å²) in [6.45, 7) is 0. The van der Waals surface area contributed by atoms with Gasteiger partial charge in [0.1, 0.15) is 4.90 Å². The number of nitrogens with zero attached hydrogens (tertiary/aromatic N) is 3. The monoisotopic (exact) mass is 255 g/mol. The molecule has 0 aliphatic rings. The molecule has 1 N–H and O–H groups in total. The lowest BCUT2D eigenvalue weighted by atomic mass is 10.2. The zero-order valence-electron chi connectivity index (χ0n) is 8.14. The minimum atomic E-state index is -4.50. The van der Waals surface area contributed by atoms with Crippen molar-refractivity contribution in [1.82, 2.24) is 10.2 Å². The molecule has 0 aliphatic heterocycles. The maximum atomic E-state index is 11.0. The Hall–Kier alpha value is -2.13. The van der Waals surface area contributed by atoms with Crippen LogP contribution in [0.15, 0.2) is 29.3 Å². The summed E-state index contributed by atoms with van der Waals surface area (Å²) >= 11 is 0. The van der Waals surface area contributed by atoms with E-state index in [4.69, 9.17) is 4.55 Å². The van der Waals surface area contributed by atoms with Crippen molar-refractivity contribution in [1.29, 1.82) is 0 Å². The molecule has 17 heavy (non-hydrogen) atoms. The Labute approximate surface area is 94.8 Å². The first-order chi connectivity index (χ1) is 7.89. The van der Waals surface area contributed by atoms with Crippen LogP contribution in [-0.4, -0.2) is 28.1 Å². The number of nitro benzene ring substituents is 1. The average molecular weight is 255 g/mol. The quantitative estimate of drug-likeness (QED) is 0.477. The molecule has 0 radical (unpaired) electrons. The highest BCUT2D eigenvalue weighted by Gasteiger charge is 2.17. The second kappa shape index (κ2) is 3.71. The van der Waals surface area contributed by atoms with Crippen LogP contribution in [0.4, 0.5) is 5.69 Å². The molecular formula is C8H5N3O5S. The first kappa shape index (κ1) is 11.4. The van der Waals surface area contributed by atoms with Crippen molar-refractivity contribution in [2.75, 3.05) is 0 Å². The maximum Gasteiger partial charge on any atom is 0.296 e. The number of rotatable bonds is 2. The number of hydrogen-bond acceptors (Lipinski definition) is 6.